The summed E-state index contributed by atoms with van der Waals surface area (Å²) in [5.41, 5.74) is 0.0791. The van der Waals surface area contributed by atoms with Crippen LogP contribution in [0.15, 0.2) is 18.2 Å². The second-order valence-electron chi connectivity index (χ2n) is 3.26. The monoisotopic (exact) mass is 264 g/mol. The Morgan fingerprint density at radius 1 is 1.22 bits per heavy atom. The molecule has 1 rings (SSSR count). The summed E-state index contributed by atoms with van der Waals surface area (Å²) in [7, 11) is 2.45. The molecule has 0 N–H and O–H groups in total. The molecule has 0 aliphatic carbocycles. The van der Waals surface area contributed by atoms with Crippen molar-refractivity contribution in [2.45, 2.75) is 6.18 Å². The summed E-state index contributed by atoms with van der Waals surface area (Å²) >= 11 is 0. The first-order valence-corrected chi connectivity index (χ1v) is 4.83. The molecule has 0 unspecified atom stereocenters. The van der Waals surface area contributed by atoms with Gasteiger partial charge in [0.25, 0.3) is 0 Å². The highest BCUT2D eigenvalue weighted by Gasteiger charge is 2.29. The van der Waals surface area contributed by atoms with E-state index in [-0.39, 0.29) is 17.1 Å². The van der Waals surface area contributed by atoms with Gasteiger partial charge in [0.1, 0.15) is 0 Å². The zero-order valence-electron chi connectivity index (χ0n) is 9.71. The molecule has 1 aromatic rings. The van der Waals surface area contributed by atoms with E-state index < -0.39 is 18.8 Å². The van der Waals surface area contributed by atoms with Crippen molar-refractivity contribution in [3.8, 4) is 11.5 Å². The summed E-state index contributed by atoms with van der Waals surface area (Å²) in [5.74, 6) is -0.737. The first-order valence-electron chi connectivity index (χ1n) is 4.83. The van der Waals surface area contributed by atoms with Crippen molar-refractivity contribution in [2.24, 2.45) is 0 Å². The molecule has 0 saturated carbocycles. The first kappa shape index (κ1) is 14.1. The second kappa shape index (κ2) is 5.61. The Hall–Kier alpha value is -1.92. The molecule has 0 aliphatic rings. The Morgan fingerprint density at radius 2 is 1.89 bits per heavy atom. The Kier molecular flexibility index (Phi) is 4.41. The lowest BCUT2D eigenvalue weighted by atomic mass is 10.2. The fourth-order valence-corrected chi connectivity index (χ4v) is 1.19. The van der Waals surface area contributed by atoms with Crippen LogP contribution in [0.3, 0.4) is 0 Å². The number of carbonyl (C=O) groups excluding carboxylic acids is 1. The van der Waals surface area contributed by atoms with Crippen molar-refractivity contribution < 1.29 is 32.2 Å². The summed E-state index contributed by atoms with van der Waals surface area (Å²) < 4.78 is 50.0. The van der Waals surface area contributed by atoms with Gasteiger partial charge >= 0.3 is 12.1 Å². The minimum Gasteiger partial charge on any atom is -0.493 e. The van der Waals surface area contributed by atoms with Gasteiger partial charge in [-0.15, -0.1) is 0 Å². The van der Waals surface area contributed by atoms with E-state index in [1.54, 1.807) is 0 Å². The molecule has 0 fully saturated rings. The lowest BCUT2D eigenvalue weighted by Gasteiger charge is -2.13. The maximum Gasteiger partial charge on any atom is 0.422 e. The third kappa shape index (κ3) is 3.83. The maximum absolute atomic E-state index is 12.0. The summed E-state index contributed by atoms with van der Waals surface area (Å²) in [6, 6.07) is 3.83. The van der Waals surface area contributed by atoms with Crippen LogP contribution in [0, 0.1) is 0 Å². The Morgan fingerprint density at radius 3 is 2.39 bits per heavy atom. The van der Waals surface area contributed by atoms with Crippen molar-refractivity contribution in [1.82, 2.24) is 0 Å². The lowest BCUT2D eigenvalue weighted by molar-refractivity contribution is -0.153. The molecule has 100 valence electrons. The summed E-state index contributed by atoms with van der Waals surface area (Å²) in [4.78, 5) is 11.2. The highest BCUT2D eigenvalue weighted by Crippen LogP contribution is 2.30. The maximum atomic E-state index is 12.0. The molecule has 18 heavy (non-hydrogen) atoms. The van der Waals surface area contributed by atoms with Crippen LogP contribution in [0.25, 0.3) is 0 Å². The van der Waals surface area contributed by atoms with Gasteiger partial charge in [-0.3, -0.25) is 0 Å². The second-order valence-corrected chi connectivity index (χ2v) is 3.26. The smallest absolute Gasteiger partial charge is 0.422 e. The number of esters is 1. The predicted molar refractivity (Wildman–Crippen MR) is 55.9 cm³/mol. The van der Waals surface area contributed by atoms with E-state index in [1.165, 1.54) is 26.4 Å². The molecule has 0 atom stereocenters. The molecular weight excluding hydrogens is 253 g/mol. The van der Waals surface area contributed by atoms with Gasteiger partial charge in [0, 0.05) is 0 Å². The standard InChI is InChI=1S/C11H11F3O4/c1-16-8-4-3-7(10(15)17-2)5-9(8)18-6-11(12,13)14/h3-5H,6H2,1-2H3. The van der Waals surface area contributed by atoms with Gasteiger partial charge in [0.15, 0.2) is 18.1 Å². The van der Waals surface area contributed by atoms with E-state index in [0.717, 1.165) is 6.07 Å². The number of ether oxygens (including phenoxy) is 3. The number of rotatable bonds is 4. The largest absolute Gasteiger partial charge is 0.493 e. The Labute approximate surface area is 101 Å². The minimum absolute atomic E-state index is 0.0791. The van der Waals surface area contributed by atoms with Crippen molar-refractivity contribution in [3.63, 3.8) is 0 Å². The van der Waals surface area contributed by atoms with Crippen molar-refractivity contribution in [3.05, 3.63) is 23.8 Å². The van der Waals surface area contributed by atoms with Gasteiger partial charge in [-0.1, -0.05) is 0 Å². The number of hydrogen-bond donors (Lipinski definition) is 0. The number of carbonyl (C=O) groups is 1. The molecule has 1 aromatic carbocycles. The van der Waals surface area contributed by atoms with Gasteiger partial charge < -0.3 is 14.2 Å². The number of alkyl halides is 3. The molecule has 0 amide bonds. The molecule has 0 heterocycles. The Balaban J connectivity index is 2.95. The summed E-state index contributed by atoms with van der Waals surface area (Å²) in [6.07, 6.45) is -4.47. The van der Waals surface area contributed by atoms with Crippen molar-refractivity contribution >= 4 is 5.97 Å². The van der Waals surface area contributed by atoms with Gasteiger partial charge in [-0.05, 0) is 18.2 Å². The molecule has 0 saturated heterocycles. The summed E-state index contributed by atoms with van der Waals surface area (Å²) in [6.45, 7) is -1.46. The Bertz CT molecular complexity index is 429. The average Bonchev–Trinajstić information content (AvgIpc) is 2.34. The van der Waals surface area contributed by atoms with Crippen LogP contribution in [-0.4, -0.2) is 33.0 Å². The van der Waals surface area contributed by atoms with Crippen molar-refractivity contribution in [1.29, 1.82) is 0 Å². The number of benzene rings is 1. The van der Waals surface area contributed by atoms with E-state index in [4.69, 9.17) is 4.74 Å². The molecule has 0 aliphatic heterocycles. The van der Waals surface area contributed by atoms with Crippen LogP contribution < -0.4 is 9.47 Å². The molecular formula is C11H11F3O4. The highest BCUT2D eigenvalue weighted by atomic mass is 19.4. The third-order valence-corrected chi connectivity index (χ3v) is 1.98. The summed E-state index contributed by atoms with van der Waals surface area (Å²) in [5, 5.41) is 0. The fourth-order valence-electron chi connectivity index (χ4n) is 1.19. The number of halogens is 3. The van der Waals surface area contributed by atoms with Gasteiger partial charge in [-0.2, -0.15) is 13.2 Å². The topological polar surface area (TPSA) is 44.8 Å². The van der Waals surface area contributed by atoms with Crippen LogP contribution in [0.5, 0.6) is 11.5 Å². The SMILES string of the molecule is COC(=O)c1ccc(OC)c(OCC(F)(F)F)c1. The van der Waals surface area contributed by atoms with E-state index in [1.807, 2.05) is 0 Å². The van der Waals surface area contributed by atoms with E-state index >= 15 is 0 Å². The normalized spacial score (nSPS) is 10.9. The molecule has 0 aromatic heterocycles. The van der Waals surface area contributed by atoms with Gasteiger partial charge in [0.05, 0.1) is 19.8 Å². The zero-order valence-corrected chi connectivity index (χ0v) is 9.71. The van der Waals surface area contributed by atoms with Crippen LogP contribution in [0.1, 0.15) is 10.4 Å². The van der Waals surface area contributed by atoms with Crippen LogP contribution >= 0.6 is 0 Å². The van der Waals surface area contributed by atoms with Crippen LogP contribution in [-0.2, 0) is 4.74 Å². The molecule has 0 spiro atoms. The van der Waals surface area contributed by atoms with Gasteiger partial charge in [0.2, 0.25) is 0 Å². The quantitative estimate of drug-likeness (QED) is 0.783. The molecule has 4 nitrogen and oxygen atoms in total. The van der Waals surface area contributed by atoms with E-state index in [2.05, 4.69) is 9.47 Å². The fraction of sp³-hybridized carbons (Fsp3) is 0.364. The van der Waals surface area contributed by atoms with Crippen LogP contribution in [0.4, 0.5) is 13.2 Å². The highest BCUT2D eigenvalue weighted by molar-refractivity contribution is 5.90. The number of hydrogen-bond acceptors (Lipinski definition) is 4. The first-order chi connectivity index (χ1) is 8.37. The van der Waals surface area contributed by atoms with Gasteiger partial charge in [-0.25, -0.2) is 4.79 Å². The van der Waals surface area contributed by atoms with E-state index in [9.17, 15) is 18.0 Å². The molecule has 0 radical (unpaired) electrons. The minimum atomic E-state index is -4.47. The van der Waals surface area contributed by atoms with E-state index in [0.29, 0.717) is 0 Å². The van der Waals surface area contributed by atoms with Crippen molar-refractivity contribution in [2.75, 3.05) is 20.8 Å². The third-order valence-electron chi connectivity index (χ3n) is 1.98. The average molecular weight is 264 g/mol. The lowest BCUT2D eigenvalue weighted by Crippen LogP contribution is -2.19. The van der Waals surface area contributed by atoms with Crippen LogP contribution in [0.2, 0.25) is 0 Å². The zero-order chi connectivity index (χ0) is 13.8. The molecule has 0 bridgehead atoms. The predicted octanol–water partition coefficient (Wildman–Crippen LogP) is 2.42. The number of methoxy groups -OCH3 is 2. The molecule has 7 heteroatoms.